The van der Waals surface area contributed by atoms with Crippen molar-refractivity contribution in [3.05, 3.63) is 23.8 Å². The van der Waals surface area contributed by atoms with Gasteiger partial charge >= 0.3 is 5.97 Å². The van der Waals surface area contributed by atoms with Crippen LogP contribution in [-0.4, -0.2) is 38.5 Å². The van der Waals surface area contributed by atoms with Crippen LogP contribution in [0.15, 0.2) is 23.1 Å². The largest absolute Gasteiger partial charge is 0.465 e. The fourth-order valence-corrected chi connectivity index (χ4v) is 5.63. The number of ether oxygens (including phenoxy) is 1. The molecule has 1 N–H and O–H groups in total. The quantitative estimate of drug-likeness (QED) is 0.773. The maximum atomic E-state index is 13.0. The molecule has 27 heavy (non-hydrogen) atoms. The molecule has 1 saturated carbocycles. The summed E-state index contributed by atoms with van der Waals surface area (Å²) in [6.07, 6.45) is 3.02. The van der Waals surface area contributed by atoms with Crippen LogP contribution in [0.1, 0.15) is 52.0 Å². The summed E-state index contributed by atoms with van der Waals surface area (Å²) in [4.78, 5) is 26.1. The Morgan fingerprint density at radius 1 is 1.30 bits per heavy atom. The Bertz CT molecular complexity index is 859. The van der Waals surface area contributed by atoms with Crippen LogP contribution >= 0.6 is 0 Å². The number of rotatable bonds is 5. The first kappa shape index (κ1) is 19.8. The summed E-state index contributed by atoms with van der Waals surface area (Å²) in [6, 6.07) is 4.75. The number of amides is 1. The average molecular weight is 394 g/mol. The molecule has 7 nitrogen and oxygen atoms in total. The summed E-state index contributed by atoms with van der Waals surface area (Å²) in [5.41, 5.74) is 0.374. The summed E-state index contributed by atoms with van der Waals surface area (Å²) < 4.78 is 33.8. The van der Waals surface area contributed by atoms with E-state index in [9.17, 15) is 18.0 Å². The highest BCUT2D eigenvalue weighted by Gasteiger charge is 2.46. The highest BCUT2D eigenvalue weighted by atomic mass is 32.2. The van der Waals surface area contributed by atoms with Crippen molar-refractivity contribution in [2.24, 2.45) is 0 Å². The number of sulfonamides is 1. The first-order chi connectivity index (χ1) is 12.7. The van der Waals surface area contributed by atoms with Gasteiger partial charge in [-0.25, -0.2) is 8.42 Å². The Balaban J connectivity index is 1.91. The third kappa shape index (κ3) is 3.60. The van der Waals surface area contributed by atoms with Crippen molar-refractivity contribution in [1.29, 1.82) is 0 Å². The van der Waals surface area contributed by atoms with Gasteiger partial charge in [0.1, 0.15) is 5.54 Å². The van der Waals surface area contributed by atoms with Crippen molar-refractivity contribution >= 4 is 27.6 Å². The lowest BCUT2D eigenvalue weighted by Crippen LogP contribution is -2.53. The Morgan fingerprint density at radius 3 is 2.56 bits per heavy atom. The van der Waals surface area contributed by atoms with Gasteiger partial charge in [0.05, 0.1) is 11.5 Å². The van der Waals surface area contributed by atoms with Gasteiger partial charge in [-0.2, -0.15) is 4.72 Å². The molecule has 3 rings (SSSR count). The highest BCUT2D eigenvalue weighted by molar-refractivity contribution is 7.89. The number of anilines is 1. The van der Waals surface area contributed by atoms with Crippen LogP contribution in [0.5, 0.6) is 0 Å². The van der Waals surface area contributed by atoms with Crippen molar-refractivity contribution in [1.82, 2.24) is 4.72 Å². The lowest BCUT2D eigenvalue weighted by Gasteiger charge is -2.27. The molecular weight excluding hydrogens is 368 g/mol. The lowest BCUT2D eigenvalue weighted by molar-refractivity contribution is -0.150. The smallest absolute Gasteiger partial charge is 0.327 e. The highest BCUT2D eigenvalue weighted by Crippen LogP contribution is 2.36. The van der Waals surface area contributed by atoms with Gasteiger partial charge in [-0.15, -0.1) is 0 Å². The van der Waals surface area contributed by atoms with Crippen LogP contribution in [0.4, 0.5) is 5.69 Å². The van der Waals surface area contributed by atoms with E-state index in [1.54, 1.807) is 24.0 Å². The van der Waals surface area contributed by atoms with E-state index in [4.69, 9.17) is 4.74 Å². The Morgan fingerprint density at radius 2 is 1.96 bits per heavy atom. The molecular formula is C19H26N2O5S. The molecule has 148 valence electrons. The van der Waals surface area contributed by atoms with Crippen LogP contribution < -0.4 is 9.62 Å². The maximum Gasteiger partial charge on any atom is 0.327 e. The molecule has 8 heteroatoms. The van der Waals surface area contributed by atoms with Crippen LogP contribution in [0.3, 0.4) is 0 Å². The van der Waals surface area contributed by atoms with Crippen molar-refractivity contribution in [2.45, 2.75) is 69.4 Å². The molecule has 0 bridgehead atoms. The molecule has 1 aliphatic carbocycles. The van der Waals surface area contributed by atoms with E-state index >= 15 is 0 Å². The van der Waals surface area contributed by atoms with Gasteiger partial charge in [0.2, 0.25) is 15.9 Å². The number of nitrogens with one attached hydrogen (secondary N) is 1. The predicted octanol–water partition coefficient (Wildman–Crippen LogP) is 2.14. The van der Waals surface area contributed by atoms with Gasteiger partial charge in [-0.1, -0.05) is 12.8 Å². The van der Waals surface area contributed by atoms with E-state index in [1.165, 1.54) is 13.0 Å². The second-order valence-electron chi connectivity index (χ2n) is 7.35. The molecule has 1 heterocycles. The molecule has 0 saturated heterocycles. The molecule has 2 aliphatic rings. The first-order valence-electron chi connectivity index (χ1n) is 9.34. The summed E-state index contributed by atoms with van der Waals surface area (Å²) >= 11 is 0. The second-order valence-corrected chi connectivity index (χ2v) is 9.03. The van der Waals surface area contributed by atoms with E-state index in [0.29, 0.717) is 19.3 Å². The number of carbonyl (C=O) groups is 2. The Labute approximate surface area is 160 Å². The zero-order valence-corrected chi connectivity index (χ0v) is 16.8. The monoisotopic (exact) mass is 394 g/mol. The number of hydrogen-bond acceptors (Lipinski definition) is 5. The van der Waals surface area contributed by atoms with E-state index in [-0.39, 0.29) is 23.5 Å². The summed E-state index contributed by atoms with van der Waals surface area (Å²) in [5, 5.41) is 0. The summed E-state index contributed by atoms with van der Waals surface area (Å²) in [5.74, 6) is -0.578. The maximum absolute atomic E-state index is 13.0. The number of carbonyl (C=O) groups excluding carboxylic acids is 2. The Hall–Kier alpha value is -1.93. The summed E-state index contributed by atoms with van der Waals surface area (Å²) in [7, 11) is -3.90. The van der Waals surface area contributed by atoms with Gasteiger partial charge in [0.25, 0.3) is 0 Å². The molecule has 0 aromatic heterocycles. The second kappa shape index (κ2) is 7.24. The molecule has 0 spiro atoms. The third-order valence-electron chi connectivity index (χ3n) is 5.37. The van der Waals surface area contributed by atoms with Crippen molar-refractivity contribution < 1.29 is 22.7 Å². The number of esters is 1. The first-order valence-corrected chi connectivity index (χ1v) is 10.8. The van der Waals surface area contributed by atoms with Gasteiger partial charge in [-0.05, 0) is 56.9 Å². The van der Waals surface area contributed by atoms with Crippen LogP contribution in [0.2, 0.25) is 0 Å². The number of hydrogen-bond donors (Lipinski definition) is 1. The zero-order valence-electron chi connectivity index (χ0n) is 15.9. The van der Waals surface area contributed by atoms with Crippen LogP contribution in [0, 0.1) is 0 Å². The normalized spacial score (nSPS) is 21.1. The molecule has 1 amide bonds. The SMILES string of the molecule is CCOC(=O)C1(NS(=O)(=O)c2ccc3c(c2)CC(C)N3C(C)=O)CCCC1. The van der Waals surface area contributed by atoms with Crippen molar-refractivity contribution in [2.75, 3.05) is 11.5 Å². The third-order valence-corrected chi connectivity index (χ3v) is 6.90. The van der Waals surface area contributed by atoms with Gasteiger partial charge in [0, 0.05) is 18.7 Å². The van der Waals surface area contributed by atoms with E-state index in [2.05, 4.69) is 4.72 Å². The van der Waals surface area contributed by atoms with Crippen molar-refractivity contribution in [3.63, 3.8) is 0 Å². The Kier molecular flexibility index (Phi) is 5.31. The molecule has 1 atom stereocenters. The molecule has 1 aromatic carbocycles. The van der Waals surface area contributed by atoms with Gasteiger partial charge < -0.3 is 9.64 Å². The fraction of sp³-hybridized carbons (Fsp3) is 0.579. The van der Waals surface area contributed by atoms with Crippen LogP contribution in [0.25, 0.3) is 0 Å². The average Bonchev–Trinajstić information content (AvgIpc) is 3.18. The van der Waals surface area contributed by atoms with E-state index in [0.717, 1.165) is 24.1 Å². The summed E-state index contributed by atoms with van der Waals surface area (Å²) in [6.45, 7) is 5.35. The van der Waals surface area contributed by atoms with Crippen LogP contribution in [-0.2, 0) is 30.8 Å². The fourth-order valence-electron chi connectivity index (χ4n) is 4.17. The minimum absolute atomic E-state index is 0.0101. The number of benzene rings is 1. The molecule has 1 aromatic rings. The molecule has 1 aliphatic heterocycles. The minimum Gasteiger partial charge on any atom is -0.465 e. The standard InChI is InChI=1S/C19H26N2O5S/c1-4-26-18(23)19(9-5-6-10-19)20-27(24,25)16-7-8-17-15(12-16)11-13(2)21(17)14(3)22/h7-8,12-13,20H,4-6,9-11H2,1-3H3. The zero-order chi connectivity index (χ0) is 19.8. The lowest BCUT2D eigenvalue weighted by atomic mass is 10.00. The van der Waals surface area contributed by atoms with Gasteiger partial charge in [0.15, 0.2) is 0 Å². The van der Waals surface area contributed by atoms with E-state index in [1.807, 2.05) is 6.92 Å². The minimum atomic E-state index is -3.90. The number of nitrogens with zero attached hydrogens (tertiary/aromatic N) is 1. The topological polar surface area (TPSA) is 92.8 Å². The van der Waals surface area contributed by atoms with Gasteiger partial charge in [-0.3, -0.25) is 9.59 Å². The molecule has 1 fully saturated rings. The number of fused-ring (bicyclic) bond motifs is 1. The van der Waals surface area contributed by atoms with Crippen molar-refractivity contribution in [3.8, 4) is 0 Å². The molecule has 0 radical (unpaired) electrons. The van der Waals surface area contributed by atoms with E-state index < -0.39 is 21.5 Å². The predicted molar refractivity (Wildman–Crippen MR) is 101 cm³/mol. The molecule has 1 unspecified atom stereocenters.